The Hall–Kier alpha value is -1.84. The van der Waals surface area contributed by atoms with E-state index < -0.39 is 0 Å². The van der Waals surface area contributed by atoms with Crippen molar-refractivity contribution in [3.05, 3.63) is 30.3 Å². The van der Waals surface area contributed by atoms with E-state index in [1.165, 1.54) is 12.8 Å². The van der Waals surface area contributed by atoms with Gasteiger partial charge < -0.3 is 10.3 Å². The van der Waals surface area contributed by atoms with Crippen LogP contribution in [0.25, 0.3) is 11.1 Å². The Bertz CT molecular complexity index is 598. The Kier molecular flexibility index (Phi) is 3.70. The highest BCUT2D eigenvalue weighted by Crippen LogP contribution is 2.49. The topological polar surface area (TPSA) is 64.9 Å². The van der Waals surface area contributed by atoms with Crippen molar-refractivity contribution in [3.8, 4) is 11.1 Å². The SMILES string of the molecule is CC(C)CC1(c2onc(N)c2-c2cccnc2)CCCC1. The van der Waals surface area contributed by atoms with E-state index >= 15 is 0 Å². The van der Waals surface area contributed by atoms with E-state index in [-0.39, 0.29) is 5.41 Å². The van der Waals surface area contributed by atoms with E-state index in [2.05, 4.69) is 24.0 Å². The summed E-state index contributed by atoms with van der Waals surface area (Å²) >= 11 is 0. The number of aromatic nitrogens is 2. The molecule has 1 aliphatic carbocycles. The normalized spacial score (nSPS) is 17.5. The van der Waals surface area contributed by atoms with Crippen LogP contribution in [0.15, 0.2) is 29.0 Å². The molecule has 3 rings (SSSR count). The lowest BCUT2D eigenvalue weighted by Crippen LogP contribution is -2.24. The molecule has 0 unspecified atom stereocenters. The maximum atomic E-state index is 6.10. The van der Waals surface area contributed by atoms with Crippen LogP contribution < -0.4 is 5.73 Å². The van der Waals surface area contributed by atoms with Crippen molar-refractivity contribution in [2.45, 2.75) is 51.4 Å². The molecule has 0 spiro atoms. The number of nitrogen functional groups attached to an aromatic ring is 1. The molecule has 0 saturated heterocycles. The van der Waals surface area contributed by atoms with Gasteiger partial charge in [0.1, 0.15) is 0 Å². The summed E-state index contributed by atoms with van der Waals surface area (Å²) in [6.45, 7) is 4.53. The first-order valence-electron chi connectivity index (χ1n) is 7.78. The van der Waals surface area contributed by atoms with E-state index in [1.54, 1.807) is 6.20 Å². The summed E-state index contributed by atoms with van der Waals surface area (Å²) < 4.78 is 5.74. The Morgan fingerprint density at radius 2 is 2.10 bits per heavy atom. The monoisotopic (exact) mass is 285 g/mol. The van der Waals surface area contributed by atoms with Crippen molar-refractivity contribution in [1.29, 1.82) is 0 Å². The van der Waals surface area contributed by atoms with Gasteiger partial charge in [0.15, 0.2) is 11.6 Å². The van der Waals surface area contributed by atoms with Crippen molar-refractivity contribution in [2.24, 2.45) is 5.92 Å². The predicted molar refractivity (Wildman–Crippen MR) is 83.7 cm³/mol. The highest BCUT2D eigenvalue weighted by molar-refractivity contribution is 5.76. The molecule has 1 fully saturated rings. The zero-order chi connectivity index (χ0) is 14.9. The second-order valence-electron chi connectivity index (χ2n) is 6.60. The van der Waals surface area contributed by atoms with Crippen LogP contribution in [0, 0.1) is 5.92 Å². The van der Waals surface area contributed by atoms with Gasteiger partial charge in [0.05, 0.1) is 5.56 Å². The molecule has 2 N–H and O–H groups in total. The Labute approximate surface area is 125 Å². The molecule has 0 aromatic carbocycles. The van der Waals surface area contributed by atoms with E-state index in [1.807, 2.05) is 18.3 Å². The number of rotatable bonds is 4. The summed E-state index contributed by atoms with van der Waals surface area (Å²) in [6.07, 6.45) is 9.55. The van der Waals surface area contributed by atoms with E-state index in [9.17, 15) is 0 Å². The number of nitrogens with zero attached hydrogens (tertiary/aromatic N) is 2. The molecule has 2 heterocycles. The third kappa shape index (κ3) is 2.55. The van der Waals surface area contributed by atoms with Gasteiger partial charge in [0.2, 0.25) is 0 Å². The first kappa shape index (κ1) is 14.1. The average Bonchev–Trinajstić information content (AvgIpc) is 3.07. The van der Waals surface area contributed by atoms with Gasteiger partial charge in [-0.05, 0) is 31.2 Å². The van der Waals surface area contributed by atoms with Crippen molar-refractivity contribution in [1.82, 2.24) is 10.1 Å². The van der Waals surface area contributed by atoms with Gasteiger partial charge in [-0.1, -0.05) is 37.9 Å². The summed E-state index contributed by atoms with van der Waals surface area (Å²) in [5, 5.41) is 4.06. The number of hydrogen-bond donors (Lipinski definition) is 1. The molecule has 0 amide bonds. The molecule has 1 saturated carbocycles. The Balaban J connectivity index is 2.10. The first-order valence-corrected chi connectivity index (χ1v) is 7.78. The largest absolute Gasteiger partial charge is 0.380 e. The quantitative estimate of drug-likeness (QED) is 0.915. The summed E-state index contributed by atoms with van der Waals surface area (Å²) in [7, 11) is 0. The minimum atomic E-state index is 0.0873. The molecule has 1 aliphatic rings. The molecular formula is C17H23N3O. The van der Waals surface area contributed by atoms with Crippen LogP contribution in [-0.4, -0.2) is 10.1 Å². The van der Waals surface area contributed by atoms with Crippen molar-refractivity contribution in [3.63, 3.8) is 0 Å². The third-order valence-corrected chi connectivity index (χ3v) is 4.51. The summed E-state index contributed by atoms with van der Waals surface area (Å²) in [5.41, 5.74) is 8.14. The van der Waals surface area contributed by atoms with Crippen LogP contribution in [0.3, 0.4) is 0 Å². The van der Waals surface area contributed by atoms with Gasteiger partial charge in [0.25, 0.3) is 0 Å². The zero-order valence-corrected chi connectivity index (χ0v) is 12.8. The fourth-order valence-electron chi connectivity index (χ4n) is 3.81. The standard InChI is InChI=1S/C17H23N3O/c1-12(2)10-17(7-3-4-8-17)15-14(16(18)20-21-15)13-6-5-9-19-11-13/h5-6,9,11-12H,3-4,7-8,10H2,1-2H3,(H2,18,20). The average molecular weight is 285 g/mol. The van der Waals surface area contributed by atoms with Crippen LogP contribution in [-0.2, 0) is 5.41 Å². The van der Waals surface area contributed by atoms with Crippen molar-refractivity contribution < 1.29 is 4.52 Å². The smallest absolute Gasteiger partial charge is 0.175 e. The van der Waals surface area contributed by atoms with Crippen LogP contribution in [0.2, 0.25) is 0 Å². The van der Waals surface area contributed by atoms with E-state index in [0.29, 0.717) is 11.7 Å². The third-order valence-electron chi connectivity index (χ3n) is 4.51. The summed E-state index contributed by atoms with van der Waals surface area (Å²) in [6, 6.07) is 3.95. The van der Waals surface area contributed by atoms with Crippen LogP contribution in [0.4, 0.5) is 5.82 Å². The van der Waals surface area contributed by atoms with E-state index in [0.717, 1.165) is 36.1 Å². The van der Waals surface area contributed by atoms with E-state index in [4.69, 9.17) is 10.3 Å². The van der Waals surface area contributed by atoms with Crippen LogP contribution in [0.5, 0.6) is 0 Å². The molecule has 0 aliphatic heterocycles. The highest BCUT2D eigenvalue weighted by Gasteiger charge is 2.42. The molecule has 2 aromatic heterocycles. The van der Waals surface area contributed by atoms with Gasteiger partial charge >= 0.3 is 0 Å². The maximum absolute atomic E-state index is 6.10. The molecule has 21 heavy (non-hydrogen) atoms. The lowest BCUT2D eigenvalue weighted by atomic mass is 9.74. The summed E-state index contributed by atoms with van der Waals surface area (Å²) in [4.78, 5) is 4.21. The van der Waals surface area contributed by atoms with Gasteiger partial charge in [-0.3, -0.25) is 4.98 Å². The first-order chi connectivity index (χ1) is 10.1. The molecule has 4 nitrogen and oxygen atoms in total. The second kappa shape index (κ2) is 5.51. The second-order valence-corrected chi connectivity index (χ2v) is 6.60. The molecule has 4 heteroatoms. The minimum Gasteiger partial charge on any atom is -0.380 e. The summed E-state index contributed by atoms with van der Waals surface area (Å²) in [5.74, 6) is 2.07. The minimum absolute atomic E-state index is 0.0873. The number of hydrogen-bond acceptors (Lipinski definition) is 4. The Morgan fingerprint density at radius 1 is 1.33 bits per heavy atom. The zero-order valence-electron chi connectivity index (χ0n) is 12.8. The highest BCUT2D eigenvalue weighted by atomic mass is 16.5. The van der Waals surface area contributed by atoms with Gasteiger partial charge in [-0.25, -0.2) is 0 Å². The van der Waals surface area contributed by atoms with Gasteiger partial charge in [0, 0.05) is 23.4 Å². The molecular weight excluding hydrogens is 262 g/mol. The van der Waals surface area contributed by atoms with Crippen molar-refractivity contribution in [2.75, 3.05) is 5.73 Å². The number of pyridine rings is 1. The maximum Gasteiger partial charge on any atom is 0.175 e. The predicted octanol–water partition coefficient (Wildman–Crippen LogP) is 4.18. The molecule has 112 valence electrons. The fourth-order valence-corrected chi connectivity index (χ4v) is 3.81. The van der Waals surface area contributed by atoms with Crippen LogP contribution in [0.1, 0.15) is 51.7 Å². The number of anilines is 1. The molecule has 2 aromatic rings. The molecule has 0 bridgehead atoms. The lowest BCUT2D eigenvalue weighted by Gasteiger charge is -2.29. The van der Waals surface area contributed by atoms with Gasteiger partial charge in [-0.2, -0.15) is 0 Å². The molecule has 0 atom stereocenters. The Morgan fingerprint density at radius 3 is 2.71 bits per heavy atom. The van der Waals surface area contributed by atoms with Crippen LogP contribution >= 0.6 is 0 Å². The fraction of sp³-hybridized carbons (Fsp3) is 0.529. The number of nitrogens with two attached hydrogens (primary N) is 1. The van der Waals surface area contributed by atoms with Gasteiger partial charge in [-0.15, -0.1) is 0 Å². The lowest BCUT2D eigenvalue weighted by molar-refractivity contribution is 0.254. The van der Waals surface area contributed by atoms with Crippen molar-refractivity contribution >= 4 is 5.82 Å². The molecule has 0 radical (unpaired) electrons.